The van der Waals surface area contributed by atoms with Crippen molar-refractivity contribution in [1.29, 1.82) is 0 Å². The fraction of sp³-hybridized carbons (Fsp3) is 0.407. The monoisotopic (exact) mass is 479 g/mol. The lowest BCUT2D eigenvalue weighted by Crippen LogP contribution is -2.45. The molecule has 1 saturated carbocycles. The van der Waals surface area contributed by atoms with Gasteiger partial charge >= 0.3 is 0 Å². The highest BCUT2D eigenvalue weighted by atomic mass is 16.5. The molecule has 186 valence electrons. The van der Waals surface area contributed by atoms with Gasteiger partial charge in [0.25, 0.3) is 0 Å². The van der Waals surface area contributed by atoms with E-state index < -0.39 is 0 Å². The second-order valence-corrected chi connectivity index (χ2v) is 8.80. The van der Waals surface area contributed by atoms with Crippen LogP contribution in [0.4, 0.5) is 0 Å². The van der Waals surface area contributed by atoms with E-state index in [2.05, 4.69) is 11.1 Å². The van der Waals surface area contributed by atoms with Crippen molar-refractivity contribution in [3.8, 4) is 11.5 Å². The van der Waals surface area contributed by atoms with Gasteiger partial charge in [-0.05, 0) is 48.6 Å². The highest BCUT2D eigenvalue weighted by Crippen LogP contribution is 2.29. The summed E-state index contributed by atoms with van der Waals surface area (Å²) in [7, 11) is 4.68. The molecule has 8 heteroatoms. The average molecular weight is 480 g/mol. The van der Waals surface area contributed by atoms with E-state index in [1.165, 1.54) is 7.11 Å². The summed E-state index contributed by atoms with van der Waals surface area (Å²) in [4.78, 5) is 32.9. The second-order valence-electron chi connectivity index (χ2n) is 8.80. The molecule has 0 aliphatic heterocycles. The van der Waals surface area contributed by atoms with E-state index in [9.17, 15) is 9.59 Å². The molecule has 0 radical (unpaired) electrons. The van der Waals surface area contributed by atoms with Crippen molar-refractivity contribution in [1.82, 2.24) is 14.8 Å². The van der Waals surface area contributed by atoms with Gasteiger partial charge in [0.05, 0.1) is 14.2 Å². The van der Waals surface area contributed by atoms with Gasteiger partial charge < -0.3 is 29.0 Å². The van der Waals surface area contributed by atoms with E-state index in [1.54, 1.807) is 19.1 Å². The Balaban J connectivity index is 1.54. The third kappa shape index (κ3) is 5.95. The van der Waals surface area contributed by atoms with Crippen molar-refractivity contribution in [2.24, 2.45) is 0 Å². The molecule has 1 aromatic heterocycles. The average Bonchev–Trinajstić information content (AvgIpc) is 3.64. The summed E-state index contributed by atoms with van der Waals surface area (Å²) in [5.41, 5.74) is 3.15. The molecule has 0 unspecified atom stereocenters. The van der Waals surface area contributed by atoms with Gasteiger partial charge in [-0.2, -0.15) is 0 Å². The maximum Gasteiger partial charge on any atom is 0.249 e. The van der Waals surface area contributed by atoms with Gasteiger partial charge in [-0.1, -0.05) is 24.3 Å². The molecule has 8 nitrogen and oxygen atoms in total. The van der Waals surface area contributed by atoms with Gasteiger partial charge in [0.2, 0.25) is 11.8 Å². The molecule has 1 aliphatic rings. The van der Waals surface area contributed by atoms with E-state index in [4.69, 9.17) is 14.2 Å². The summed E-state index contributed by atoms with van der Waals surface area (Å²) in [6, 6.07) is 13.9. The number of H-pyrrole nitrogens is 1. The number of aromatic nitrogens is 1. The number of hydrogen-bond acceptors (Lipinski definition) is 5. The number of methoxy groups -OCH3 is 3. The number of benzene rings is 2. The smallest absolute Gasteiger partial charge is 0.249 e. The number of amides is 2. The van der Waals surface area contributed by atoms with E-state index >= 15 is 0 Å². The minimum Gasteiger partial charge on any atom is -0.493 e. The van der Waals surface area contributed by atoms with Crippen LogP contribution in [-0.2, 0) is 27.3 Å². The fourth-order valence-electron chi connectivity index (χ4n) is 4.34. The molecule has 1 fully saturated rings. The summed E-state index contributed by atoms with van der Waals surface area (Å²) in [6.07, 6.45) is 4.54. The zero-order chi connectivity index (χ0) is 24.8. The molecule has 35 heavy (non-hydrogen) atoms. The SMILES string of the molecule is COCC(=O)N(CC(=O)N(CCc1c[nH]c2ccccc12)Cc1ccc(OC)c(OC)c1)C1CC1. The molecular formula is C27H33N3O5. The largest absolute Gasteiger partial charge is 0.493 e. The lowest BCUT2D eigenvalue weighted by atomic mass is 10.1. The van der Waals surface area contributed by atoms with Gasteiger partial charge in [0.1, 0.15) is 13.2 Å². The van der Waals surface area contributed by atoms with Crippen LogP contribution in [0.2, 0.25) is 0 Å². The van der Waals surface area contributed by atoms with Crippen LogP contribution < -0.4 is 9.47 Å². The maximum absolute atomic E-state index is 13.5. The number of fused-ring (bicyclic) bond motifs is 1. The van der Waals surface area contributed by atoms with Crippen LogP contribution in [-0.4, -0.2) is 73.7 Å². The molecule has 0 spiro atoms. The summed E-state index contributed by atoms with van der Waals surface area (Å²) >= 11 is 0. The third-order valence-corrected chi connectivity index (χ3v) is 6.38. The van der Waals surface area contributed by atoms with Gasteiger partial charge in [-0.25, -0.2) is 0 Å². The predicted molar refractivity (Wildman–Crippen MR) is 134 cm³/mol. The van der Waals surface area contributed by atoms with Crippen molar-refractivity contribution in [3.63, 3.8) is 0 Å². The molecule has 2 amide bonds. The molecular weight excluding hydrogens is 446 g/mol. The molecule has 0 saturated heterocycles. The summed E-state index contributed by atoms with van der Waals surface area (Å²) < 4.78 is 15.8. The van der Waals surface area contributed by atoms with E-state index in [0.717, 1.165) is 34.9 Å². The number of carbonyl (C=O) groups is 2. The molecule has 1 aliphatic carbocycles. The first-order chi connectivity index (χ1) is 17.0. The first-order valence-corrected chi connectivity index (χ1v) is 11.9. The minimum absolute atomic E-state index is 0.0190. The zero-order valence-corrected chi connectivity index (χ0v) is 20.6. The van der Waals surface area contributed by atoms with Crippen LogP contribution in [0.25, 0.3) is 10.9 Å². The quantitative estimate of drug-likeness (QED) is 0.431. The number of ether oxygens (including phenoxy) is 3. The Morgan fingerprint density at radius 3 is 2.49 bits per heavy atom. The molecule has 3 aromatic rings. The lowest BCUT2D eigenvalue weighted by molar-refractivity contribution is -0.143. The third-order valence-electron chi connectivity index (χ3n) is 6.38. The molecule has 4 rings (SSSR count). The van der Waals surface area contributed by atoms with Gasteiger partial charge in [-0.3, -0.25) is 9.59 Å². The highest BCUT2D eigenvalue weighted by molar-refractivity contribution is 5.86. The van der Waals surface area contributed by atoms with Crippen LogP contribution >= 0.6 is 0 Å². The minimum atomic E-state index is -0.147. The van der Waals surface area contributed by atoms with Crippen LogP contribution in [0.3, 0.4) is 0 Å². The fourth-order valence-corrected chi connectivity index (χ4v) is 4.34. The Hall–Kier alpha value is -3.52. The molecule has 0 atom stereocenters. The first kappa shape index (κ1) is 24.6. The van der Waals surface area contributed by atoms with E-state index in [0.29, 0.717) is 31.0 Å². The van der Waals surface area contributed by atoms with Crippen molar-refractivity contribution in [2.75, 3.05) is 41.0 Å². The number of aromatic amines is 1. The second kappa shape index (κ2) is 11.3. The Morgan fingerprint density at radius 2 is 1.77 bits per heavy atom. The molecule has 2 aromatic carbocycles. The molecule has 1 heterocycles. The van der Waals surface area contributed by atoms with Crippen molar-refractivity contribution in [3.05, 3.63) is 59.8 Å². The Morgan fingerprint density at radius 1 is 1.00 bits per heavy atom. The maximum atomic E-state index is 13.5. The Bertz CT molecular complexity index is 1170. The predicted octanol–water partition coefficient (Wildman–Crippen LogP) is 3.39. The number of para-hydroxylation sites is 1. The number of nitrogens with one attached hydrogen (secondary N) is 1. The number of hydrogen-bond donors (Lipinski definition) is 1. The van der Waals surface area contributed by atoms with Gasteiger partial charge in [0.15, 0.2) is 11.5 Å². The van der Waals surface area contributed by atoms with Gasteiger partial charge in [0, 0.05) is 43.3 Å². The van der Waals surface area contributed by atoms with Crippen molar-refractivity contribution in [2.45, 2.75) is 31.8 Å². The number of carbonyl (C=O) groups excluding carboxylic acids is 2. The summed E-state index contributed by atoms with van der Waals surface area (Å²) in [5, 5.41) is 1.15. The topological polar surface area (TPSA) is 84.1 Å². The van der Waals surface area contributed by atoms with Crippen molar-refractivity contribution < 1.29 is 23.8 Å². The van der Waals surface area contributed by atoms with Crippen LogP contribution in [0, 0.1) is 0 Å². The molecule has 1 N–H and O–H groups in total. The first-order valence-electron chi connectivity index (χ1n) is 11.9. The van der Waals surface area contributed by atoms with E-state index in [1.807, 2.05) is 47.5 Å². The summed E-state index contributed by atoms with van der Waals surface area (Å²) in [6.45, 7) is 0.952. The normalized spacial score (nSPS) is 13.0. The standard InChI is InChI=1S/C27H33N3O5/c1-33-18-27(32)30(21-9-10-21)17-26(31)29(16-19-8-11-24(34-2)25(14-19)35-3)13-12-20-15-28-23-7-5-4-6-22(20)23/h4-8,11,14-15,21,28H,9-10,12-13,16-18H2,1-3H3. The molecule has 0 bridgehead atoms. The van der Waals surface area contributed by atoms with Crippen LogP contribution in [0.5, 0.6) is 11.5 Å². The number of nitrogens with zero attached hydrogens (tertiary/aromatic N) is 2. The van der Waals surface area contributed by atoms with Crippen LogP contribution in [0.1, 0.15) is 24.0 Å². The summed E-state index contributed by atoms with van der Waals surface area (Å²) in [5.74, 6) is 1.02. The Labute approximate surface area is 205 Å². The van der Waals surface area contributed by atoms with Crippen molar-refractivity contribution >= 4 is 22.7 Å². The number of rotatable bonds is 12. The highest BCUT2D eigenvalue weighted by Gasteiger charge is 2.34. The van der Waals surface area contributed by atoms with E-state index in [-0.39, 0.29) is 31.0 Å². The van der Waals surface area contributed by atoms with Crippen LogP contribution in [0.15, 0.2) is 48.7 Å². The van der Waals surface area contributed by atoms with Gasteiger partial charge in [-0.15, -0.1) is 0 Å². The zero-order valence-electron chi connectivity index (χ0n) is 20.6. The Kier molecular flexibility index (Phi) is 7.92. The lowest BCUT2D eigenvalue weighted by Gasteiger charge is -2.28.